The molecule has 2 aromatic heterocycles. The molecule has 2 aromatic rings. The molecule has 5 nitrogen and oxygen atoms in total. The fraction of sp³-hybridized carbons (Fsp3) is 0.467. The SMILES string of the molecule is CC1CC(NC(=O)Cc2cn3ccccc3n2)CCN1.Cl.Cl. The topological polar surface area (TPSA) is 58.4 Å². The number of imidazole rings is 1. The molecule has 0 aromatic carbocycles. The van der Waals surface area contributed by atoms with Gasteiger partial charge in [0.25, 0.3) is 0 Å². The number of rotatable bonds is 3. The largest absolute Gasteiger partial charge is 0.353 e. The van der Waals surface area contributed by atoms with Gasteiger partial charge in [-0.2, -0.15) is 0 Å². The maximum atomic E-state index is 12.1. The molecule has 1 saturated heterocycles. The second-order valence-electron chi connectivity index (χ2n) is 5.52. The molecule has 1 aliphatic rings. The molecule has 3 heterocycles. The van der Waals surface area contributed by atoms with E-state index in [9.17, 15) is 4.79 Å². The second kappa shape index (κ2) is 8.36. The number of nitrogens with zero attached hydrogens (tertiary/aromatic N) is 2. The summed E-state index contributed by atoms with van der Waals surface area (Å²) in [6.45, 7) is 3.13. The Balaban J connectivity index is 0.00000121. The van der Waals surface area contributed by atoms with Crippen LogP contribution < -0.4 is 10.6 Å². The first kappa shape index (κ1) is 18.7. The highest BCUT2D eigenvalue weighted by atomic mass is 35.5. The summed E-state index contributed by atoms with van der Waals surface area (Å²) >= 11 is 0. The molecule has 0 radical (unpaired) electrons. The average molecular weight is 345 g/mol. The van der Waals surface area contributed by atoms with E-state index in [-0.39, 0.29) is 36.8 Å². The second-order valence-corrected chi connectivity index (χ2v) is 5.52. The zero-order valence-electron chi connectivity index (χ0n) is 12.5. The van der Waals surface area contributed by atoms with Crippen LogP contribution in [0.25, 0.3) is 5.65 Å². The number of aromatic nitrogens is 2. The molecular weight excluding hydrogens is 323 g/mol. The quantitative estimate of drug-likeness (QED) is 0.894. The molecule has 7 heteroatoms. The molecule has 0 bridgehead atoms. The Morgan fingerprint density at radius 2 is 2.27 bits per heavy atom. The highest BCUT2D eigenvalue weighted by Gasteiger charge is 2.20. The lowest BCUT2D eigenvalue weighted by molar-refractivity contribution is -0.121. The van der Waals surface area contributed by atoms with Crippen molar-refractivity contribution >= 4 is 36.4 Å². The summed E-state index contributed by atoms with van der Waals surface area (Å²) in [4.78, 5) is 16.5. The molecule has 1 aliphatic heterocycles. The number of nitrogens with one attached hydrogen (secondary N) is 2. The first-order valence-electron chi connectivity index (χ1n) is 7.16. The van der Waals surface area contributed by atoms with E-state index in [0.717, 1.165) is 30.7 Å². The van der Waals surface area contributed by atoms with E-state index in [1.54, 1.807) is 0 Å². The van der Waals surface area contributed by atoms with Gasteiger partial charge in [-0.1, -0.05) is 6.07 Å². The van der Waals surface area contributed by atoms with Gasteiger partial charge in [0, 0.05) is 24.5 Å². The van der Waals surface area contributed by atoms with Gasteiger partial charge >= 0.3 is 0 Å². The summed E-state index contributed by atoms with van der Waals surface area (Å²) in [5.41, 5.74) is 1.70. The van der Waals surface area contributed by atoms with E-state index >= 15 is 0 Å². The van der Waals surface area contributed by atoms with Crippen molar-refractivity contribution in [3.8, 4) is 0 Å². The number of carbonyl (C=O) groups excluding carboxylic acids is 1. The molecule has 3 rings (SSSR count). The average Bonchev–Trinajstić information content (AvgIpc) is 2.80. The molecule has 2 atom stereocenters. The fourth-order valence-corrected chi connectivity index (χ4v) is 2.78. The van der Waals surface area contributed by atoms with Gasteiger partial charge < -0.3 is 15.0 Å². The number of fused-ring (bicyclic) bond motifs is 1. The van der Waals surface area contributed by atoms with E-state index in [1.165, 1.54) is 0 Å². The third kappa shape index (κ3) is 4.60. The Morgan fingerprint density at radius 3 is 3.00 bits per heavy atom. The van der Waals surface area contributed by atoms with Gasteiger partial charge in [-0.3, -0.25) is 4.79 Å². The Labute approximate surface area is 142 Å². The summed E-state index contributed by atoms with van der Waals surface area (Å²) in [6, 6.07) is 6.60. The molecule has 1 fully saturated rings. The van der Waals surface area contributed by atoms with Gasteiger partial charge in [-0.25, -0.2) is 4.98 Å². The number of amides is 1. The molecule has 0 aliphatic carbocycles. The smallest absolute Gasteiger partial charge is 0.226 e. The van der Waals surface area contributed by atoms with Gasteiger partial charge in [0.05, 0.1) is 12.1 Å². The Kier molecular flexibility index (Phi) is 7.13. The van der Waals surface area contributed by atoms with Crippen molar-refractivity contribution in [1.29, 1.82) is 0 Å². The summed E-state index contributed by atoms with van der Waals surface area (Å²) < 4.78 is 1.94. The minimum atomic E-state index is 0. The van der Waals surface area contributed by atoms with Gasteiger partial charge in [-0.15, -0.1) is 24.8 Å². The van der Waals surface area contributed by atoms with Crippen molar-refractivity contribution in [2.45, 2.75) is 38.3 Å². The minimum absolute atomic E-state index is 0. The van der Waals surface area contributed by atoms with Crippen LogP contribution in [0.1, 0.15) is 25.5 Å². The maximum Gasteiger partial charge on any atom is 0.226 e. The van der Waals surface area contributed by atoms with Crippen LogP contribution >= 0.6 is 24.8 Å². The van der Waals surface area contributed by atoms with Crippen molar-refractivity contribution in [1.82, 2.24) is 20.0 Å². The van der Waals surface area contributed by atoms with Crippen molar-refractivity contribution in [2.75, 3.05) is 6.54 Å². The van der Waals surface area contributed by atoms with Crippen LogP contribution in [-0.2, 0) is 11.2 Å². The Morgan fingerprint density at radius 1 is 1.45 bits per heavy atom. The van der Waals surface area contributed by atoms with E-state index in [4.69, 9.17) is 0 Å². The summed E-state index contributed by atoms with van der Waals surface area (Å²) in [7, 11) is 0. The Hall–Kier alpha value is -1.30. The number of piperidine rings is 1. The molecule has 0 saturated carbocycles. The van der Waals surface area contributed by atoms with Crippen molar-refractivity contribution in [2.24, 2.45) is 0 Å². The van der Waals surface area contributed by atoms with Crippen LogP contribution in [0, 0.1) is 0 Å². The van der Waals surface area contributed by atoms with Crippen molar-refractivity contribution in [3.63, 3.8) is 0 Å². The fourth-order valence-electron chi connectivity index (χ4n) is 2.78. The van der Waals surface area contributed by atoms with Crippen LogP contribution in [0.2, 0.25) is 0 Å². The Bertz CT molecular complexity index is 583. The van der Waals surface area contributed by atoms with Gasteiger partial charge in [0.1, 0.15) is 5.65 Å². The van der Waals surface area contributed by atoms with Gasteiger partial charge in [0.2, 0.25) is 5.91 Å². The van der Waals surface area contributed by atoms with E-state index in [2.05, 4.69) is 22.5 Å². The molecule has 122 valence electrons. The van der Waals surface area contributed by atoms with E-state index in [0.29, 0.717) is 12.5 Å². The van der Waals surface area contributed by atoms with Crippen LogP contribution in [0.3, 0.4) is 0 Å². The monoisotopic (exact) mass is 344 g/mol. The first-order chi connectivity index (χ1) is 9.70. The lowest BCUT2D eigenvalue weighted by Gasteiger charge is -2.28. The molecule has 22 heavy (non-hydrogen) atoms. The van der Waals surface area contributed by atoms with Crippen molar-refractivity contribution < 1.29 is 4.79 Å². The molecule has 0 spiro atoms. The molecule has 2 unspecified atom stereocenters. The van der Waals surface area contributed by atoms with Crippen LogP contribution in [0.5, 0.6) is 0 Å². The van der Waals surface area contributed by atoms with Crippen molar-refractivity contribution in [3.05, 3.63) is 36.3 Å². The summed E-state index contributed by atoms with van der Waals surface area (Å²) in [6.07, 6.45) is 6.20. The molecular formula is C15H22Cl2N4O. The number of hydrogen-bond acceptors (Lipinski definition) is 3. The summed E-state index contributed by atoms with van der Waals surface area (Å²) in [5, 5.41) is 6.50. The van der Waals surface area contributed by atoms with Gasteiger partial charge in [-0.05, 0) is 38.4 Å². The van der Waals surface area contributed by atoms with E-state index in [1.807, 2.05) is 35.0 Å². The lowest BCUT2D eigenvalue weighted by Crippen LogP contribution is -2.46. The molecule has 1 amide bonds. The third-order valence-corrected chi connectivity index (χ3v) is 3.74. The first-order valence-corrected chi connectivity index (χ1v) is 7.16. The number of hydrogen-bond donors (Lipinski definition) is 2. The standard InChI is InChI=1S/C15H20N4O.2ClH/c1-11-8-12(5-6-16-11)18-15(20)9-13-10-19-7-3-2-4-14(19)17-13;;/h2-4,7,10-12,16H,5-6,8-9H2,1H3,(H,18,20);2*1H. The van der Waals surface area contributed by atoms with Crippen LogP contribution in [0.4, 0.5) is 0 Å². The predicted molar refractivity (Wildman–Crippen MR) is 92.0 cm³/mol. The number of carbonyl (C=O) groups is 1. The number of pyridine rings is 1. The third-order valence-electron chi connectivity index (χ3n) is 3.74. The van der Waals surface area contributed by atoms with Crippen LogP contribution in [0.15, 0.2) is 30.6 Å². The predicted octanol–water partition coefficient (Wildman–Crippen LogP) is 1.98. The zero-order valence-corrected chi connectivity index (χ0v) is 14.1. The molecule has 2 N–H and O–H groups in total. The highest BCUT2D eigenvalue weighted by molar-refractivity contribution is 5.85. The van der Waals surface area contributed by atoms with Gasteiger partial charge in [0.15, 0.2) is 0 Å². The summed E-state index contributed by atoms with van der Waals surface area (Å²) in [5.74, 6) is 0.0625. The number of halogens is 2. The minimum Gasteiger partial charge on any atom is -0.353 e. The van der Waals surface area contributed by atoms with Crippen LogP contribution in [-0.4, -0.2) is 33.9 Å². The zero-order chi connectivity index (χ0) is 13.9. The lowest BCUT2D eigenvalue weighted by atomic mass is 10.0. The van der Waals surface area contributed by atoms with E-state index < -0.39 is 0 Å². The maximum absolute atomic E-state index is 12.1. The highest BCUT2D eigenvalue weighted by Crippen LogP contribution is 2.09. The normalized spacial score (nSPS) is 20.8.